The lowest BCUT2D eigenvalue weighted by Gasteiger charge is -2.25. The van der Waals surface area contributed by atoms with Crippen molar-refractivity contribution in [2.45, 2.75) is 64.4 Å². The van der Waals surface area contributed by atoms with Crippen LogP contribution in [0.5, 0.6) is 5.75 Å². The average molecular weight is 567 g/mol. The number of carbonyl (C=O) groups is 1. The molecule has 1 aromatic carbocycles. The number of nitrogens with one attached hydrogen (secondary N) is 2. The van der Waals surface area contributed by atoms with Gasteiger partial charge >= 0.3 is 13.7 Å². The van der Waals surface area contributed by atoms with E-state index in [4.69, 9.17) is 18.5 Å². The zero-order chi connectivity index (χ0) is 28.3. The van der Waals surface area contributed by atoms with E-state index in [-0.39, 0.29) is 5.75 Å². The van der Waals surface area contributed by atoms with E-state index in [2.05, 4.69) is 25.4 Å². The minimum Gasteiger partial charge on any atom is -0.462 e. The van der Waals surface area contributed by atoms with Crippen LogP contribution in [-0.2, 0) is 23.4 Å². The molecule has 6 atom stereocenters. The fourth-order valence-corrected chi connectivity index (χ4v) is 5.46. The summed E-state index contributed by atoms with van der Waals surface area (Å²) in [5.41, 5.74) is 0.714. The molecule has 0 amide bonds. The molecule has 0 unspecified atom stereocenters. The van der Waals surface area contributed by atoms with E-state index in [0.717, 1.165) is 0 Å². The van der Waals surface area contributed by atoms with Gasteiger partial charge in [-0.15, -0.1) is 0 Å². The molecule has 3 heterocycles. The van der Waals surface area contributed by atoms with E-state index < -0.39 is 57.1 Å². The van der Waals surface area contributed by atoms with Crippen LogP contribution in [0.15, 0.2) is 36.7 Å². The number of fused-ring (bicyclic) bond motifs is 1. The van der Waals surface area contributed by atoms with Crippen LogP contribution in [0.2, 0.25) is 0 Å². The quantitative estimate of drug-likeness (QED) is 0.230. The fourth-order valence-electron chi connectivity index (χ4n) is 3.96. The Balaban J connectivity index is 1.52. The maximum Gasteiger partial charge on any atom is 0.459 e. The Morgan fingerprint density at radius 1 is 1.26 bits per heavy atom. The Morgan fingerprint density at radius 3 is 2.64 bits per heavy atom. The lowest BCUT2D eigenvalue weighted by molar-refractivity contribution is -0.149. The molecule has 13 nitrogen and oxygen atoms in total. The Hall–Kier alpha value is -3.16. The highest BCUT2D eigenvalue weighted by molar-refractivity contribution is 7.52. The summed E-state index contributed by atoms with van der Waals surface area (Å²) in [5, 5.41) is 16.1. The first-order valence-electron chi connectivity index (χ1n) is 12.4. The largest absolute Gasteiger partial charge is 0.462 e. The Kier molecular flexibility index (Phi) is 8.82. The van der Waals surface area contributed by atoms with Crippen molar-refractivity contribution in [1.82, 2.24) is 24.6 Å². The van der Waals surface area contributed by atoms with Gasteiger partial charge in [0.15, 0.2) is 29.4 Å². The number of hydrogen-bond acceptors (Lipinski definition) is 11. The van der Waals surface area contributed by atoms with Crippen molar-refractivity contribution in [1.29, 1.82) is 0 Å². The van der Waals surface area contributed by atoms with Crippen LogP contribution in [0.25, 0.3) is 11.2 Å². The van der Waals surface area contributed by atoms with Crippen molar-refractivity contribution < 1.29 is 37.4 Å². The molecule has 1 aliphatic heterocycles. The third-order valence-electron chi connectivity index (χ3n) is 5.77. The Bertz CT molecular complexity index is 1340. The topological polar surface area (TPSA) is 159 Å². The van der Waals surface area contributed by atoms with Crippen LogP contribution >= 0.6 is 7.75 Å². The first-order chi connectivity index (χ1) is 18.5. The number of aliphatic hydroxyl groups is 1. The van der Waals surface area contributed by atoms with Crippen LogP contribution in [0.1, 0.15) is 32.8 Å². The number of benzene rings is 1. The summed E-state index contributed by atoms with van der Waals surface area (Å²) in [6, 6.07) is 7.11. The van der Waals surface area contributed by atoms with Crippen LogP contribution in [0.3, 0.4) is 0 Å². The number of imidazole rings is 1. The summed E-state index contributed by atoms with van der Waals surface area (Å²) in [6.07, 6.45) is -5.09. The second-order valence-electron chi connectivity index (χ2n) is 9.23. The van der Waals surface area contributed by atoms with Gasteiger partial charge in [-0.3, -0.25) is 13.9 Å². The molecule has 0 saturated carbocycles. The van der Waals surface area contributed by atoms with E-state index >= 15 is 4.39 Å². The first-order valence-corrected chi connectivity index (χ1v) is 13.9. The van der Waals surface area contributed by atoms with Gasteiger partial charge in [0.25, 0.3) is 0 Å². The molecule has 3 N–H and O–H groups in total. The second-order valence-corrected chi connectivity index (χ2v) is 10.9. The van der Waals surface area contributed by atoms with Crippen molar-refractivity contribution >= 4 is 30.7 Å². The molecule has 1 fully saturated rings. The normalized spacial score (nSPS) is 23.5. The molecule has 0 aliphatic carbocycles. The van der Waals surface area contributed by atoms with Gasteiger partial charge in [-0.25, -0.2) is 23.9 Å². The number of aromatic nitrogens is 4. The Labute approximate surface area is 224 Å². The summed E-state index contributed by atoms with van der Waals surface area (Å²) < 4.78 is 52.5. The number of hydrogen-bond donors (Lipinski definition) is 3. The number of aryl methyl sites for hydroxylation is 1. The van der Waals surface area contributed by atoms with E-state index in [1.165, 1.54) is 17.8 Å². The molecule has 2 aromatic heterocycles. The van der Waals surface area contributed by atoms with E-state index in [0.29, 0.717) is 22.8 Å². The predicted molar refractivity (Wildman–Crippen MR) is 139 cm³/mol. The first kappa shape index (κ1) is 28.8. The van der Waals surface area contributed by atoms with Gasteiger partial charge in [0.2, 0.25) is 0 Å². The lowest BCUT2D eigenvalue weighted by Crippen LogP contribution is -2.37. The van der Waals surface area contributed by atoms with Gasteiger partial charge in [0.05, 0.1) is 19.0 Å². The number of esters is 1. The number of nitrogens with zero attached hydrogens (tertiary/aromatic N) is 4. The molecular weight excluding hydrogens is 534 g/mol. The number of halogens is 1. The van der Waals surface area contributed by atoms with Crippen molar-refractivity contribution in [2.75, 3.05) is 19.0 Å². The van der Waals surface area contributed by atoms with Crippen molar-refractivity contribution in [3.63, 3.8) is 0 Å². The molecular formula is C24H32FN6O7P. The molecule has 1 aliphatic rings. The fraction of sp³-hybridized carbons (Fsp3) is 0.500. The minimum atomic E-state index is -4.24. The molecule has 0 bridgehead atoms. The number of anilines is 1. The number of aliphatic hydroxyl groups excluding tert-OH is 1. The standard InChI is InChI=1S/C24H32FN6O7P/c1-13(2)36-24(33)14(3)30-39(34,38-16-9-7-6-8-10-16)35-11-17-20(32)18(25)23(37-17)31-12-27-19-21(26-5)28-15(4)29-22(19)31/h6-10,12-14,17-18,20,23,32H,11H2,1-5H3,(H,30,34)(H,26,28,29)/t14-,17+,18+,20+,23+,39-/m0/s1. The van der Waals surface area contributed by atoms with Gasteiger partial charge in [-0.2, -0.15) is 5.09 Å². The van der Waals surface area contributed by atoms with Gasteiger partial charge in [0, 0.05) is 7.05 Å². The molecule has 1 saturated heterocycles. The van der Waals surface area contributed by atoms with Crippen LogP contribution in [-0.4, -0.2) is 74.8 Å². The van der Waals surface area contributed by atoms with Crippen molar-refractivity contribution in [3.8, 4) is 5.75 Å². The second kappa shape index (κ2) is 11.9. The summed E-state index contributed by atoms with van der Waals surface area (Å²) in [6.45, 7) is 5.96. The molecule has 4 rings (SSSR count). The monoisotopic (exact) mass is 566 g/mol. The molecule has 0 radical (unpaired) electrons. The third-order valence-corrected chi connectivity index (χ3v) is 7.42. The highest BCUT2D eigenvalue weighted by Crippen LogP contribution is 2.46. The average Bonchev–Trinajstić information content (AvgIpc) is 3.42. The van der Waals surface area contributed by atoms with Crippen LogP contribution in [0.4, 0.5) is 10.2 Å². The van der Waals surface area contributed by atoms with E-state index in [1.807, 2.05) is 0 Å². The maximum atomic E-state index is 15.3. The van der Waals surface area contributed by atoms with Gasteiger partial charge in [0.1, 0.15) is 29.8 Å². The van der Waals surface area contributed by atoms with Gasteiger partial charge < -0.3 is 24.4 Å². The predicted octanol–water partition coefficient (Wildman–Crippen LogP) is 2.91. The minimum absolute atomic E-state index is 0.201. The zero-order valence-electron chi connectivity index (χ0n) is 22.1. The van der Waals surface area contributed by atoms with Crippen LogP contribution in [0, 0.1) is 6.92 Å². The SMILES string of the molecule is CNc1nc(C)nc2c1ncn2[C@@H]1O[C@H](CO[P@@](=O)(N[C@@H](C)C(=O)OC(C)C)Oc2ccccc2)[C@@H](O)[C@H]1F. The number of alkyl halides is 1. The molecule has 212 valence electrons. The molecule has 3 aromatic rings. The summed E-state index contributed by atoms with van der Waals surface area (Å²) >= 11 is 0. The maximum absolute atomic E-state index is 15.3. The summed E-state index contributed by atoms with van der Waals surface area (Å²) in [5.74, 6) is 0.418. The molecule has 39 heavy (non-hydrogen) atoms. The van der Waals surface area contributed by atoms with Gasteiger partial charge in [-0.05, 0) is 39.8 Å². The zero-order valence-corrected chi connectivity index (χ0v) is 23.0. The van der Waals surface area contributed by atoms with E-state index in [1.54, 1.807) is 58.2 Å². The summed E-state index contributed by atoms with van der Waals surface area (Å²) in [7, 11) is -2.57. The number of ether oxygens (including phenoxy) is 2. The molecule has 0 spiro atoms. The van der Waals surface area contributed by atoms with Crippen LogP contribution < -0.4 is 14.9 Å². The lowest BCUT2D eigenvalue weighted by atomic mass is 10.1. The van der Waals surface area contributed by atoms with Crippen molar-refractivity contribution in [3.05, 3.63) is 42.5 Å². The number of carbonyl (C=O) groups excluding carboxylic acids is 1. The van der Waals surface area contributed by atoms with E-state index in [9.17, 15) is 14.5 Å². The highest BCUT2D eigenvalue weighted by Gasteiger charge is 2.47. The highest BCUT2D eigenvalue weighted by atomic mass is 31.2. The van der Waals surface area contributed by atoms with Crippen molar-refractivity contribution in [2.24, 2.45) is 0 Å². The smallest absolute Gasteiger partial charge is 0.459 e. The third kappa shape index (κ3) is 6.53. The number of para-hydroxylation sites is 1. The summed E-state index contributed by atoms with van der Waals surface area (Å²) in [4.78, 5) is 25.2. The van der Waals surface area contributed by atoms with Gasteiger partial charge in [-0.1, -0.05) is 18.2 Å². The Morgan fingerprint density at radius 2 is 1.97 bits per heavy atom. The number of rotatable bonds is 11. The molecule has 15 heteroatoms.